The van der Waals surface area contributed by atoms with Crippen LogP contribution < -0.4 is 14.8 Å². The number of nitrogens with one attached hydrogen (secondary N) is 1. The molecule has 2 rings (SSSR count). The number of carbonyl (C=O) groups excluding carboxylic acids is 1. The summed E-state index contributed by atoms with van der Waals surface area (Å²) in [7, 11) is 0. The monoisotopic (exact) mass is 341 g/mol. The van der Waals surface area contributed by atoms with E-state index in [0.717, 1.165) is 35.5 Å². The molecule has 0 saturated heterocycles. The Bertz CT molecular complexity index is 665. The number of hydrogen-bond donors (Lipinski definition) is 1. The predicted molar refractivity (Wildman–Crippen MR) is 100 cm³/mol. The highest BCUT2D eigenvalue weighted by Crippen LogP contribution is 2.18. The molecule has 0 aliphatic heterocycles. The van der Waals surface area contributed by atoms with Crippen molar-refractivity contribution in [1.29, 1.82) is 0 Å². The van der Waals surface area contributed by atoms with E-state index >= 15 is 0 Å². The molecule has 0 fully saturated rings. The van der Waals surface area contributed by atoms with Gasteiger partial charge < -0.3 is 14.8 Å². The molecule has 0 atom stereocenters. The smallest absolute Gasteiger partial charge is 0.257 e. The molecule has 0 heterocycles. The Morgan fingerprint density at radius 3 is 2.48 bits per heavy atom. The largest absolute Gasteiger partial charge is 0.491 e. The fraction of sp³-hybridized carbons (Fsp3) is 0.381. The molecule has 2 aromatic carbocycles. The summed E-state index contributed by atoms with van der Waals surface area (Å²) in [5.74, 6) is 1.54. The van der Waals surface area contributed by atoms with E-state index in [1.54, 1.807) is 0 Å². The van der Waals surface area contributed by atoms with Crippen LogP contribution in [0.15, 0.2) is 48.5 Å². The molecule has 0 bridgehead atoms. The molecule has 0 spiro atoms. The number of benzene rings is 2. The first kappa shape index (κ1) is 18.8. The Labute approximate surface area is 150 Å². The summed E-state index contributed by atoms with van der Waals surface area (Å²) in [4.78, 5) is 11.9. The Morgan fingerprint density at radius 2 is 1.80 bits per heavy atom. The minimum absolute atomic E-state index is 0.0399. The minimum Gasteiger partial charge on any atom is -0.491 e. The lowest BCUT2D eigenvalue weighted by atomic mass is 10.1. The van der Waals surface area contributed by atoms with Gasteiger partial charge in [0, 0.05) is 6.54 Å². The van der Waals surface area contributed by atoms with Crippen LogP contribution in [0.25, 0.3) is 0 Å². The van der Waals surface area contributed by atoms with Gasteiger partial charge in [0.2, 0.25) is 0 Å². The van der Waals surface area contributed by atoms with Gasteiger partial charge in [-0.25, -0.2) is 0 Å². The van der Waals surface area contributed by atoms with Crippen molar-refractivity contribution in [2.45, 2.75) is 39.7 Å². The van der Waals surface area contributed by atoms with Gasteiger partial charge in [0.05, 0.1) is 6.10 Å². The number of ether oxygens (including phenoxy) is 2. The Hall–Kier alpha value is -2.49. The topological polar surface area (TPSA) is 47.6 Å². The molecule has 1 amide bonds. The highest BCUT2D eigenvalue weighted by atomic mass is 16.5. The summed E-state index contributed by atoms with van der Waals surface area (Å²) in [6.45, 7) is 6.70. The first-order valence-electron chi connectivity index (χ1n) is 8.81. The third-order valence-corrected chi connectivity index (χ3v) is 3.74. The van der Waals surface area contributed by atoms with Crippen molar-refractivity contribution in [3.05, 3.63) is 59.7 Å². The second-order valence-corrected chi connectivity index (χ2v) is 6.16. The zero-order valence-corrected chi connectivity index (χ0v) is 15.2. The Kier molecular flexibility index (Phi) is 7.33. The highest BCUT2D eigenvalue weighted by Gasteiger charge is 2.05. The zero-order valence-electron chi connectivity index (χ0n) is 15.2. The van der Waals surface area contributed by atoms with E-state index in [2.05, 4.69) is 12.2 Å². The van der Waals surface area contributed by atoms with E-state index in [1.807, 2.05) is 62.4 Å². The maximum absolute atomic E-state index is 11.9. The maximum atomic E-state index is 11.9. The van der Waals surface area contributed by atoms with E-state index < -0.39 is 0 Å². The van der Waals surface area contributed by atoms with Crippen molar-refractivity contribution < 1.29 is 14.3 Å². The fourth-order valence-electron chi connectivity index (χ4n) is 2.48. The van der Waals surface area contributed by atoms with Crippen LogP contribution in [-0.2, 0) is 17.6 Å². The number of amides is 1. The zero-order chi connectivity index (χ0) is 18.1. The summed E-state index contributed by atoms with van der Waals surface area (Å²) in [5.41, 5.74) is 2.27. The van der Waals surface area contributed by atoms with Crippen LogP contribution in [0, 0.1) is 0 Å². The Morgan fingerprint density at radius 1 is 1.08 bits per heavy atom. The van der Waals surface area contributed by atoms with Gasteiger partial charge in [-0.2, -0.15) is 0 Å². The second-order valence-electron chi connectivity index (χ2n) is 6.16. The average molecular weight is 341 g/mol. The van der Waals surface area contributed by atoms with Crippen LogP contribution in [-0.4, -0.2) is 25.2 Å². The fourth-order valence-corrected chi connectivity index (χ4v) is 2.48. The SMILES string of the molecule is CCc1ccccc1OCC(=O)NCCc1ccc(OC(C)C)cc1. The lowest BCUT2D eigenvalue weighted by Crippen LogP contribution is -2.30. The molecule has 0 aromatic heterocycles. The van der Waals surface area contributed by atoms with E-state index in [0.29, 0.717) is 6.54 Å². The third-order valence-electron chi connectivity index (χ3n) is 3.74. The van der Waals surface area contributed by atoms with Crippen LogP contribution in [0.3, 0.4) is 0 Å². The highest BCUT2D eigenvalue weighted by molar-refractivity contribution is 5.77. The van der Waals surface area contributed by atoms with Gasteiger partial charge >= 0.3 is 0 Å². The van der Waals surface area contributed by atoms with Gasteiger partial charge in [-0.3, -0.25) is 4.79 Å². The van der Waals surface area contributed by atoms with Crippen molar-refractivity contribution in [3.63, 3.8) is 0 Å². The van der Waals surface area contributed by atoms with Crippen LogP contribution in [0.5, 0.6) is 11.5 Å². The molecular weight excluding hydrogens is 314 g/mol. The summed E-state index contributed by atoms with van der Waals surface area (Å²) in [6, 6.07) is 15.8. The number of para-hydroxylation sites is 1. The van der Waals surface area contributed by atoms with Crippen molar-refractivity contribution in [1.82, 2.24) is 5.32 Å². The van der Waals surface area contributed by atoms with Crippen LogP contribution in [0.1, 0.15) is 31.9 Å². The van der Waals surface area contributed by atoms with E-state index in [1.165, 1.54) is 0 Å². The van der Waals surface area contributed by atoms with Gasteiger partial charge in [-0.1, -0.05) is 37.3 Å². The maximum Gasteiger partial charge on any atom is 0.257 e. The summed E-state index contributed by atoms with van der Waals surface area (Å²) >= 11 is 0. The molecule has 2 aromatic rings. The predicted octanol–water partition coefficient (Wildman–Crippen LogP) is 3.77. The lowest BCUT2D eigenvalue weighted by Gasteiger charge is -2.11. The van der Waals surface area contributed by atoms with Crippen molar-refractivity contribution in [2.75, 3.05) is 13.2 Å². The van der Waals surface area contributed by atoms with Crippen molar-refractivity contribution >= 4 is 5.91 Å². The third kappa shape index (κ3) is 6.49. The number of hydrogen-bond acceptors (Lipinski definition) is 3. The molecule has 1 N–H and O–H groups in total. The molecule has 0 aliphatic rings. The van der Waals surface area contributed by atoms with Crippen molar-refractivity contribution in [2.24, 2.45) is 0 Å². The van der Waals surface area contributed by atoms with E-state index in [4.69, 9.17) is 9.47 Å². The molecule has 0 saturated carbocycles. The molecule has 0 aliphatic carbocycles. The van der Waals surface area contributed by atoms with Crippen LogP contribution in [0.4, 0.5) is 0 Å². The van der Waals surface area contributed by atoms with E-state index in [-0.39, 0.29) is 18.6 Å². The van der Waals surface area contributed by atoms with E-state index in [9.17, 15) is 4.79 Å². The first-order valence-corrected chi connectivity index (χ1v) is 8.81. The summed E-state index contributed by atoms with van der Waals surface area (Å²) in [5, 5.41) is 2.89. The standard InChI is InChI=1S/C21H27NO3/c1-4-18-7-5-6-8-20(18)24-15-21(23)22-14-13-17-9-11-19(12-10-17)25-16(2)3/h5-12,16H,4,13-15H2,1-3H3,(H,22,23). The number of aryl methyl sites for hydroxylation is 1. The van der Waals surface area contributed by atoms with Crippen LogP contribution >= 0.6 is 0 Å². The van der Waals surface area contributed by atoms with Crippen molar-refractivity contribution in [3.8, 4) is 11.5 Å². The number of rotatable bonds is 9. The van der Waals surface area contributed by atoms with Gasteiger partial charge in [0.15, 0.2) is 6.61 Å². The van der Waals surface area contributed by atoms with Gasteiger partial charge in [-0.05, 0) is 56.0 Å². The average Bonchev–Trinajstić information content (AvgIpc) is 2.61. The normalized spacial score (nSPS) is 10.6. The van der Waals surface area contributed by atoms with Gasteiger partial charge in [-0.15, -0.1) is 0 Å². The first-order chi connectivity index (χ1) is 12.1. The lowest BCUT2D eigenvalue weighted by molar-refractivity contribution is -0.123. The molecule has 134 valence electrons. The molecule has 0 unspecified atom stereocenters. The van der Waals surface area contributed by atoms with Gasteiger partial charge in [0.25, 0.3) is 5.91 Å². The molecule has 4 heteroatoms. The molecule has 4 nitrogen and oxygen atoms in total. The molecule has 0 radical (unpaired) electrons. The van der Waals surface area contributed by atoms with Crippen LogP contribution in [0.2, 0.25) is 0 Å². The Balaban J connectivity index is 1.71. The summed E-state index contributed by atoms with van der Waals surface area (Å²) in [6.07, 6.45) is 1.83. The van der Waals surface area contributed by atoms with Gasteiger partial charge in [0.1, 0.15) is 11.5 Å². The quantitative estimate of drug-likeness (QED) is 0.755. The number of carbonyl (C=O) groups is 1. The minimum atomic E-state index is -0.106. The molecular formula is C21H27NO3. The summed E-state index contributed by atoms with van der Waals surface area (Å²) < 4.78 is 11.2. The molecule has 25 heavy (non-hydrogen) atoms. The second kappa shape index (κ2) is 9.72.